The highest BCUT2D eigenvalue weighted by Crippen LogP contribution is 2.21. The maximum absolute atomic E-state index is 12.3. The predicted octanol–water partition coefficient (Wildman–Crippen LogP) is 1.63. The number of ketones is 1. The monoisotopic (exact) mass is 280 g/mol. The number of carboxylic acid groups (broad SMARTS) is 1. The van der Waals surface area contributed by atoms with Crippen LogP contribution in [0.4, 0.5) is 0 Å². The van der Waals surface area contributed by atoms with Gasteiger partial charge in [-0.25, -0.2) is 0 Å². The first kappa shape index (κ1) is 15.9. The number of amides is 1. The summed E-state index contributed by atoms with van der Waals surface area (Å²) in [4.78, 5) is 38.8. The maximum atomic E-state index is 12.3. The van der Waals surface area contributed by atoms with E-state index < -0.39 is 5.97 Å². The van der Waals surface area contributed by atoms with E-state index in [9.17, 15) is 14.4 Å². The Hall–Kier alpha value is -2.11. The molecule has 0 atom stereocenters. The van der Waals surface area contributed by atoms with Crippen LogP contribution in [0.15, 0.2) is 0 Å². The highest BCUT2D eigenvalue weighted by molar-refractivity contribution is 6.02. The molecule has 6 nitrogen and oxygen atoms in total. The van der Waals surface area contributed by atoms with E-state index >= 15 is 0 Å². The van der Waals surface area contributed by atoms with Crippen LogP contribution in [0.2, 0.25) is 0 Å². The average Bonchev–Trinajstić information content (AvgIpc) is 2.71. The van der Waals surface area contributed by atoms with Gasteiger partial charge in [0, 0.05) is 24.8 Å². The van der Waals surface area contributed by atoms with Crippen LogP contribution in [0.5, 0.6) is 0 Å². The lowest BCUT2D eigenvalue weighted by Crippen LogP contribution is -2.30. The molecule has 0 saturated heterocycles. The number of nitrogens with one attached hydrogen (secondary N) is 1. The Morgan fingerprint density at radius 3 is 2.35 bits per heavy atom. The predicted molar refractivity (Wildman–Crippen MR) is 74.1 cm³/mol. The number of aromatic nitrogens is 1. The summed E-state index contributed by atoms with van der Waals surface area (Å²) in [5, 5.41) is 8.65. The minimum atomic E-state index is -0.951. The average molecular weight is 280 g/mol. The summed E-state index contributed by atoms with van der Waals surface area (Å²) < 4.78 is 0. The summed E-state index contributed by atoms with van der Waals surface area (Å²) in [5.41, 5.74) is 2.30. The maximum Gasteiger partial charge on any atom is 0.305 e. The van der Waals surface area contributed by atoms with Crippen molar-refractivity contribution in [3.63, 3.8) is 0 Å². The summed E-state index contributed by atoms with van der Waals surface area (Å²) in [5.74, 6) is -1.33. The van der Waals surface area contributed by atoms with Crippen molar-refractivity contribution in [2.45, 2.75) is 33.6 Å². The number of carbonyl (C=O) groups excluding carboxylic acids is 2. The number of carboxylic acids is 1. The van der Waals surface area contributed by atoms with Crippen molar-refractivity contribution in [1.29, 1.82) is 0 Å². The summed E-state index contributed by atoms with van der Waals surface area (Å²) in [6.07, 6.45) is 0.454. The number of rotatable bonds is 6. The molecule has 20 heavy (non-hydrogen) atoms. The number of Topliss-reactive ketones (excluding diaryl/α,β-unsaturated/α-hetero) is 1. The Kier molecular flexibility index (Phi) is 5.07. The molecule has 1 aromatic rings. The highest BCUT2D eigenvalue weighted by Gasteiger charge is 2.23. The largest absolute Gasteiger partial charge is 0.481 e. The zero-order valence-electron chi connectivity index (χ0n) is 12.2. The molecular weight excluding hydrogens is 260 g/mol. The first-order chi connectivity index (χ1) is 9.29. The van der Waals surface area contributed by atoms with E-state index in [1.807, 2.05) is 6.92 Å². The minimum absolute atomic E-state index is 0.0807. The molecule has 0 aliphatic carbocycles. The van der Waals surface area contributed by atoms with Gasteiger partial charge in [0.05, 0.1) is 6.42 Å². The van der Waals surface area contributed by atoms with E-state index in [0.29, 0.717) is 28.9 Å². The molecule has 1 amide bonds. The van der Waals surface area contributed by atoms with Gasteiger partial charge in [-0.15, -0.1) is 0 Å². The standard InChI is InChI=1S/C14H20N2O4/c1-5-10-12(9(3)17)8(2)15-13(10)14(20)16(4)7-6-11(18)19/h15H,5-7H2,1-4H3,(H,18,19). The SMILES string of the molecule is CCc1c(C(=O)N(C)CCC(=O)O)[nH]c(C)c1C(C)=O. The highest BCUT2D eigenvalue weighted by atomic mass is 16.4. The zero-order chi connectivity index (χ0) is 15.4. The van der Waals surface area contributed by atoms with Crippen LogP contribution in [0.3, 0.4) is 0 Å². The van der Waals surface area contributed by atoms with Crippen molar-refractivity contribution in [1.82, 2.24) is 9.88 Å². The number of H-pyrrole nitrogens is 1. The Labute approximate surface area is 117 Å². The Morgan fingerprint density at radius 2 is 1.90 bits per heavy atom. The quantitative estimate of drug-likeness (QED) is 0.775. The molecule has 1 rings (SSSR count). The molecule has 0 fully saturated rings. The van der Waals surface area contributed by atoms with Gasteiger partial charge in [-0.2, -0.15) is 0 Å². The van der Waals surface area contributed by atoms with E-state index in [-0.39, 0.29) is 24.7 Å². The molecule has 110 valence electrons. The van der Waals surface area contributed by atoms with Crippen LogP contribution in [0.1, 0.15) is 52.4 Å². The van der Waals surface area contributed by atoms with Gasteiger partial charge in [0.25, 0.3) is 5.91 Å². The van der Waals surface area contributed by atoms with E-state index in [4.69, 9.17) is 5.11 Å². The number of aryl methyl sites for hydroxylation is 1. The molecule has 0 aliphatic rings. The van der Waals surface area contributed by atoms with Crippen molar-refractivity contribution in [3.05, 3.63) is 22.5 Å². The van der Waals surface area contributed by atoms with Gasteiger partial charge in [0.2, 0.25) is 0 Å². The molecule has 1 aromatic heterocycles. The first-order valence-corrected chi connectivity index (χ1v) is 6.49. The summed E-state index contributed by atoms with van der Waals surface area (Å²) in [7, 11) is 1.55. The zero-order valence-corrected chi connectivity index (χ0v) is 12.2. The normalized spacial score (nSPS) is 10.4. The third-order valence-electron chi connectivity index (χ3n) is 3.22. The number of aliphatic carboxylic acids is 1. The van der Waals surface area contributed by atoms with Gasteiger partial charge in [-0.1, -0.05) is 6.92 Å². The topological polar surface area (TPSA) is 90.5 Å². The molecule has 6 heteroatoms. The van der Waals surface area contributed by atoms with Crippen LogP contribution in [-0.2, 0) is 11.2 Å². The van der Waals surface area contributed by atoms with Gasteiger partial charge in [-0.3, -0.25) is 14.4 Å². The van der Waals surface area contributed by atoms with Gasteiger partial charge in [-0.05, 0) is 25.8 Å². The van der Waals surface area contributed by atoms with Gasteiger partial charge < -0.3 is 15.0 Å². The lowest BCUT2D eigenvalue weighted by molar-refractivity contribution is -0.137. The van der Waals surface area contributed by atoms with Crippen molar-refractivity contribution in [3.8, 4) is 0 Å². The van der Waals surface area contributed by atoms with Crippen LogP contribution in [0, 0.1) is 6.92 Å². The fourth-order valence-electron chi connectivity index (χ4n) is 2.25. The Bertz CT molecular complexity index is 546. The smallest absolute Gasteiger partial charge is 0.305 e. The number of carbonyl (C=O) groups is 3. The second kappa shape index (κ2) is 6.36. The van der Waals surface area contributed by atoms with Crippen LogP contribution in [-0.4, -0.2) is 46.2 Å². The van der Waals surface area contributed by atoms with E-state index in [1.54, 1.807) is 14.0 Å². The van der Waals surface area contributed by atoms with E-state index in [2.05, 4.69) is 4.98 Å². The van der Waals surface area contributed by atoms with Crippen LogP contribution < -0.4 is 0 Å². The lowest BCUT2D eigenvalue weighted by atomic mass is 10.0. The van der Waals surface area contributed by atoms with Crippen molar-refractivity contribution in [2.24, 2.45) is 0 Å². The summed E-state index contributed by atoms with van der Waals surface area (Å²) >= 11 is 0. The molecule has 0 unspecified atom stereocenters. The van der Waals surface area contributed by atoms with Crippen molar-refractivity contribution < 1.29 is 19.5 Å². The third kappa shape index (κ3) is 3.26. The number of aromatic amines is 1. The third-order valence-corrected chi connectivity index (χ3v) is 3.22. The van der Waals surface area contributed by atoms with E-state index in [0.717, 1.165) is 0 Å². The molecule has 0 saturated carbocycles. The summed E-state index contributed by atoms with van der Waals surface area (Å²) in [6.45, 7) is 5.23. The molecule has 0 aliphatic heterocycles. The number of hydrogen-bond acceptors (Lipinski definition) is 3. The van der Waals surface area contributed by atoms with Gasteiger partial charge in [0.15, 0.2) is 5.78 Å². The molecule has 2 N–H and O–H groups in total. The van der Waals surface area contributed by atoms with Crippen molar-refractivity contribution >= 4 is 17.7 Å². The number of nitrogens with zero attached hydrogens (tertiary/aromatic N) is 1. The molecule has 0 bridgehead atoms. The molecule has 1 heterocycles. The number of hydrogen-bond donors (Lipinski definition) is 2. The van der Waals surface area contributed by atoms with Crippen molar-refractivity contribution in [2.75, 3.05) is 13.6 Å². The first-order valence-electron chi connectivity index (χ1n) is 6.49. The Morgan fingerprint density at radius 1 is 1.30 bits per heavy atom. The summed E-state index contributed by atoms with van der Waals surface area (Å²) in [6, 6.07) is 0. The molecule has 0 aromatic carbocycles. The van der Waals surface area contributed by atoms with Gasteiger partial charge >= 0.3 is 5.97 Å². The Balaban J connectivity index is 3.07. The van der Waals surface area contributed by atoms with Gasteiger partial charge in [0.1, 0.15) is 5.69 Å². The lowest BCUT2D eigenvalue weighted by Gasteiger charge is -2.16. The molecule has 0 spiro atoms. The van der Waals surface area contributed by atoms with E-state index in [1.165, 1.54) is 11.8 Å². The molecule has 0 radical (unpaired) electrons. The second-order valence-corrected chi connectivity index (χ2v) is 4.76. The second-order valence-electron chi connectivity index (χ2n) is 4.76. The van der Waals surface area contributed by atoms with Crippen LogP contribution >= 0.6 is 0 Å². The molecular formula is C14H20N2O4. The fourth-order valence-corrected chi connectivity index (χ4v) is 2.25. The van der Waals surface area contributed by atoms with Crippen LogP contribution in [0.25, 0.3) is 0 Å². The minimum Gasteiger partial charge on any atom is -0.481 e. The fraction of sp³-hybridized carbons (Fsp3) is 0.500.